The lowest BCUT2D eigenvalue weighted by Crippen LogP contribution is -2.28. The first-order chi connectivity index (χ1) is 12.0. The van der Waals surface area contributed by atoms with Crippen molar-refractivity contribution in [1.82, 2.24) is 10.5 Å². The van der Waals surface area contributed by atoms with Crippen molar-refractivity contribution < 1.29 is 9.32 Å². The van der Waals surface area contributed by atoms with Gasteiger partial charge >= 0.3 is 0 Å². The van der Waals surface area contributed by atoms with Crippen molar-refractivity contribution >= 4 is 17.5 Å². The molecule has 1 aliphatic rings. The zero-order valence-corrected chi connectivity index (χ0v) is 14.5. The Morgan fingerprint density at radius 2 is 2.20 bits per heavy atom. The quantitative estimate of drug-likeness (QED) is 0.761. The van der Waals surface area contributed by atoms with Crippen LogP contribution in [0.15, 0.2) is 39.0 Å². The van der Waals surface area contributed by atoms with Crippen LogP contribution in [-0.2, 0) is 0 Å². The molecular formula is C18H17ClN4O2. The molecule has 25 heavy (non-hydrogen) atoms. The zero-order valence-electron chi connectivity index (χ0n) is 13.8. The minimum Gasteiger partial charge on any atom is -0.360 e. The van der Waals surface area contributed by atoms with Crippen LogP contribution in [0.4, 0.5) is 0 Å². The monoisotopic (exact) mass is 356 g/mol. The summed E-state index contributed by atoms with van der Waals surface area (Å²) in [6.07, 6.45) is 7.22. The van der Waals surface area contributed by atoms with Gasteiger partial charge in [-0.25, -0.2) is 0 Å². The number of hydrogen-bond acceptors (Lipinski definition) is 5. The summed E-state index contributed by atoms with van der Waals surface area (Å²) in [6.45, 7) is 2.14. The van der Waals surface area contributed by atoms with Gasteiger partial charge in [-0.15, -0.1) is 12.3 Å². The Balaban J connectivity index is 1.67. The number of halogens is 1. The molecule has 1 aromatic carbocycles. The van der Waals surface area contributed by atoms with Crippen molar-refractivity contribution in [2.75, 3.05) is 6.54 Å². The van der Waals surface area contributed by atoms with Crippen LogP contribution < -0.4 is 5.32 Å². The third kappa shape index (κ3) is 3.89. The first-order valence-electron chi connectivity index (χ1n) is 7.92. The van der Waals surface area contributed by atoms with Crippen LogP contribution >= 0.6 is 11.6 Å². The first-order valence-corrected chi connectivity index (χ1v) is 8.30. The van der Waals surface area contributed by atoms with E-state index in [2.05, 4.69) is 26.6 Å². The summed E-state index contributed by atoms with van der Waals surface area (Å²) < 4.78 is 5.21. The predicted octanol–water partition coefficient (Wildman–Crippen LogP) is 4.00. The molecule has 7 heteroatoms. The molecular weight excluding hydrogens is 340 g/mol. The predicted molar refractivity (Wildman–Crippen MR) is 94.3 cm³/mol. The Labute approximate surface area is 150 Å². The van der Waals surface area contributed by atoms with Gasteiger partial charge in [-0.05, 0) is 19.1 Å². The van der Waals surface area contributed by atoms with E-state index in [0.29, 0.717) is 47.8 Å². The second-order valence-electron chi connectivity index (χ2n) is 5.87. The SMILES string of the molecule is C#CCCC1(CCNC(=O)c2c(-c3cccc(Cl)c3)noc2C)N=N1. The fraction of sp³-hybridized carbons (Fsp3) is 0.333. The van der Waals surface area contributed by atoms with Crippen molar-refractivity contribution in [3.05, 3.63) is 40.6 Å². The molecule has 0 saturated carbocycles. The van der Waals surface area contributed by atoms with Gasteiger partial charge in [0.1, 0.15) is 17.0 Å². The highest BCUT2D eigenvalue weighted by Crippen LogP contribution is 2.36. The topological polar surface area (TPSA) is 79.9 Å². The van der Waals surface area contributed by atoms with Gasteiger partial charge in [-0.1, -0.05) is 28.9 Å². The molecule has 2 heterocycles. The van der Waals surface area contributed by atoms with Gasteiger partial charge in [0, 0.05) is 36.4 Å². The number of carbonyl (C=O) groups is 1. The van der Waals surface area contributed by atoms with Crippen LogP contribution in [0.3, 0.4) is 0 Å². The average Bonchev–Trinajstić information content (AvgIpc) is 3.25. The van der Waals surface area contributed by atoms with Gasteiger partial charge < -0.3 is 9.84 Å². The number of carbonyl (C=O) groups excluding carboxylic acids is 1. The van der Waals surface area contributed by atoms with Crippen molar-refractivity contribution in [3.8, 4) is 23.6 Å². The van der Waals surface area contributed by atoms with Crippen LogP contribution in [0, 0.1) is 19.3 Å². The summed E-state index contributed by atoms with van der Waals surface area (Å²) in [5, 5.41) is 15.6. The molecule has 6 nitrogen and oxygen atoms in total. The van der Waals surface area contributed by atoms with E-state index in [1.807, 2.05) is 6.07 Å². The normalized spacial score (nSPS) is 14.1. The summed E-state index contributed by atoms with van der Waals surface area (Å²) in [4.78, 5) is 12.6. The summed E-state index contributed by atoms with van der Waals surface area (Å²) >= 11 is 6.02. The van der Waals surface area contributed by atoms with Gasteiger partial charge in [0.15, 0.2) is 5.66 Å². The summed E-state index contributed by atoms with van der Waals surface area (Å²) in [5.74, 6) is 2.79. The van der Waals surface area contributed by atoms with Crippen molar-refractivity contribution in [3.63, 3.8) is 0 Å². The number of aryl methyl sites for hydroxylation is 1. The van der Waals surface area contributed by atoms with E-state index >= 15 is 0 Å². The summed E-state index contributed by atoms with van der Waals surface area (Å²) in [7, 11) is 0. The Bertz CT molecular complexity index is 860. The maximum atomic E-state index is 12.6. The average molecular weight is 357 g/mol. The number of rotatable bonds is 7. The Morgan fingerprint density at radius 1 is 1.40 bits per heavy atom. The highest BCUT2D eigenvalue weighted by molar-refractivity contribution is 6.30. The first kappa shape index (κ1) is 17.2. The third-order valence-electron chi connectivity index (χ3n) is 4.05. The standard InChI is InChI=1S/C18H17ClN4O2/c1-3-4-8-18(22-23-18)9-10-20-17(24)15-12(2)25-21-16(15)13-6-5-7-14(19)11-13/h1,5-7,11H,4,8-10H2,2H3,(H,20,24). The molecule has 1 aliphatic heterocycles. The second kappa shape index (κ2) is 7.08. The molecule has 0 radical (unpaired) electrons. The van der Waals surface area contributed by atoms with Crippen LogP contribution in [0.1, 0.15) is 35.4 Å². The Morgan fingerprint density at radius 3 is 2.88 bits per heavy atom. The minimum absolute atomic E-state index is 0.249. The summed E-state index contributed by atoms with van der Waals surface area (Å²) in [5.41, 5.74) is 1.19. The number of aromatic nitrogens is 1. The highest BCUT2D eigenvalue weighted by Gasteiger charge is 2.38. The molecule has 128 valence electrons. The van der Waals surface area contributed by atoms with Crippen LogP contribution in [-0.4, -0.2) is 23.3 Å². The minimum atomic E-state index is -0.418. The van der Waals surface area contributed by atoms with Crippen LogP contribution in [0.2, 0.25) is 5.02 Å². The van der Waals surface area contributed by atoms with Gasteiger partial charge in [-0.2, -0.15) is 10.2 Å². The fourth-order valence-electron chi connectivity index (χ4n) is 2.61. The van der Waals surface area contributed by atoms with E-state index in [1.54, 1.807) is 25.1 Å². The smallest absolute Gasteiger partial charge is 0.257 e. The molecule has 0 aliphatic carbocycles. The molecule has 1 aromatic heterocycles. The van der Waals surface area contributed by atoms with Crippen molar-refractivity contribution in [2.45, 2.75) is 31.8 Å². The zero-order chi connectivity index (χ0) is 17.9. The Hall–Kier alpha value is -2.65. The molecule has 0 unspecified atom stereocenters. The molecule has 2 aromatic rings. The fourth-order valence-corrected chi connectivity index (χ4v) is 2.80. The number of benzene rings is 1. The molecule has 0 fully saturated rings. The number of hydrogen-bond donors (Lipinski definition) is 1. The van der Waals surface area contributed by atoms with Crippen LogP contribution in [0.25, 0.3) is 11.3 Å². The van der Waals surface area contributed by atoms with E-state index < -0.39 is 5.66 Å². The van der Waals surface area contributed by atoms with Gasteiger partial charge in [0.05, 0.1) is 0 Å². The molecule has 0 atom stereocenters. The lowest BCUT2D eigenvalue weighted by Gasteiger charge is -2.10. The van der Waals surface area contributed by atoms with E-state index in [9.17, 15) is 4.79 Å². The second-order valence-corrected chi connectivity index (χ2v) is 6.30. The molecule has 1 amide bonds. The van der Waals surface area contributed by atoms with Crippen LogP contribution in [0.5, 0.6) is 0 Å². The molecule has 0 saturated heterocycles. The van der Waals surface area contributed by atoms with Gasteiger partial charge in [-0.3, -0.25) is 4.79 Å². The Kier molecular flexibility index (Phi) is 4.86. The number of nitrogens with zero attached hydrogens (tertiary/aromatic N) is 3. The van der Waals surface area contributed by atoms with Crippen molar-refractivity contribution in [2.24, 2.45) is 10.2 Å². The molecule has 0 spiro atoms. The maximum Gasteiger partial charge on any atom is 0.257 e. The van der Waals surface area contributed by atoms with E-state index in [0.717, 1.165) is 5.56 Å². The lowest BCUT2D eigenvalue weighted by atomic mass is 10.0. The maximum absolute atomic E-state index is 12.6. The number of nitrogens with one attached hydrogen (secondary N) is 1. The van der Waals surface area contributed by atoms with E-state index in [4.69, 9.17) is 22.5 Å². The van der Waals surface area contributed by atoms with E-state index in [1.165, 1.54) is 0 Å². The van der Waals surface area contributed by atoms with Gasteiger partial charge in [0.2, 0.25) is 0 Å². The summed E-state index contributed by atoms with van der Waals surface area (Å²) in [6, 6.07) is 7.13. The third-order valence-corrected chi connectivity index (χ3v) is 4.29. The number of terminal acetylenes is 1. The molecule has 1 N–H and O–H groups in total. The largest absolute Gasteiger partial charge is 0.360 e. The highest BCUT2D eigenvalue weighted by atomic mass is 35.5. The van der Waals surface area contributed by atoms with E-state index in [-0.39, 0.29) is 5.91 Å². The lowest BCUT2D eigenvalue weighted by molar-refractivity contribution is 0.0951. The van der Waals surface area contributed by atoms with Gasteiger partial charge in [0.25, 0.3) is 5.91 Å². The molecule has 3 rings (SSSR count). The molecule has 0 bridgehead atoms. The van der Waals surface area contributed by atoms with Crippen molar-refractivity contribution in [1.29, 1.82) is 0 Å². The number of amides is 1.